The number of halogens is 1. The van der Waals surface area contributed by atoms with Crippen molar-refractivity contribution in [2.75, 3.05) is 45.8 Å². The Balaban J connectivity index is 0.00000192. The van der Waals surface area contributed by atoms with E-state index in [1.807, 2.05) is 0 Å². The second-order valence-electron chi connectivity index (χ2n) is 7.13. The number of rotatable bonds is 5. The number of nitrogens with zero attached hydrogens (tertiary/aromatic N) is 4. The summed E-state index contributed by atoms with van der Waals surface area (Å²) in [5, 5.41) is 7.51. The molecule has 0 spiro atoms. The summed E-state index contributed by atoms with van der Waals surface area (Å²) in [7, 11) is 0. The van der Waals surface area contributed by atoms with Gasteiger partial charge in [0.05, 0.1) is 6.04 Å². The van der Waals surface area contributed by atoms with Gasteiger partial charge in [-0.2, -0.15) is 4.98 Å². The molecule has 2 unspecified atom stereocenters. The molecule has 0 bridgehead atoms. The molecule has 2 atom stereocenters. The summed E-state index contributed by atoms with van der Waals surface area (Å²) in [6.07, 6.45) is 2.13. The Hall–Kier alpha value is -0.690. The first-order valence-corrected chi connectivity index (χ1v) is 8.59. The average Bonchev–Trinajstić information content (AvgIpc) is 3.16. The highest BCUT2D eigenvalue weighted by Gasteiger charge is 2.33. The maximum atomic E-state index is 5.40. The molecule has 1 aromatic heterocycles. The van der Waals surface area contributed by atoms with Crippen molar-refractivity contribution in [3.05, 3.63) is 11.7 Å². The maximum Gasteiger partial charge on any atom is 0.243 e. The molecule has 0 aliphatic carbocycles. The van der Waals surface area contributed by atoms with Crippen LogP contribution in [0.5, 0.6) is 0 Å². The van der Waals surface area contributed by atoms with Crippen LogP contribution in [0.2, 0.25) is 0 Å². The van der Waals surface area contributed by atoms with E-state index < -0.39 is 0 Å². The van der Waals surface area contributed by atoms with E-state index in [1.54, 1.807) is 0 Å². The predicted molar refractivity (Wildman–Crippen MR) is 92.9 cm³/mol. The van der Waals surface area contributed by atoms with E-state index in [-0.39, 0.29) is 18.4 Å². The fraction of sp³-hybridized carbons (Fsp3) is 0.875. The zero-order valence-corrected chi connectivity index (χ0v) is 15.4. The predicted octanol–water partition coefficient (Wildman–Crippen LogP) is 1.73. The second kappa shape index (κ2) is 7.92. The van der Waals surface area contributed by atoms with Crippen molar-refractivity contribution in [1.82, 2.24) is 25.3 Å². The van der Waals surface area contributed by atoms with E-state index in [2.05, 4.69) is 46.0 Å². The third-order valence-electron chi connectivity index (χ3n) is 5.17. The maximum absolute atomic E-state index is 5.40. The lowest BCUT2D eigenvalue weighted by atomic mass is 9.89. The van der Waals surface area contributed by atoms with Crippen LogP contribution in [0.1, 0.15) is 44.9 Å². The molecule has 2 fully saturated rings. The summed E-state index contributed by atoms with van der Waals surface area (Å²) in [4.78, 5) is 9.55. The van der Waals surface area contributed by atoms with Gasteiger partial charge in [0, 0.05) is 45.7 Å². The van der Waals surface area contributed by atoms with Crippen molar-refractivity contribution >= 4 is 12.4 Å². The smallest absolute Gasteiger partial charge is 0.243 e. The first-order chi connectivity index (χ1) is 10.6. The van der Waals surface area contributed by atoms with Crippen molar-refractivity contribution in [3.8, 4) is 0 Å². The van der Waals surface area contributed by atoms with Gasteiger partial charge < -0.3 is 14.7 Å². The van der Waals surface area contributed by atoms with Crippen LogP contribution in [-0.2, 0) is 6.42 Å². The Kier molecular flexibility index (Phi) is 6.42. The summed E-state index contributed by atoms with van der Waals surface area (Å²) in [6.45, 7) is 14.6. The SMILES string of the molecule is CCc1noc(C(C)N2CCN(CC3(C)CCNC3)CC2)n1.Cl. The summed E-state index contributed by atoms with van der Waals surface area (Å²) in [5.41, 5.74) is 0.455. The molecule has 2 saturated heterocycles. The molecule has 2 aliphatic rings. The fourth-order valence-corrected chi connectivity index (χ4v) is 3.59. The normalized spacial score (nSPS) is 27.8. The molecule has 3 rings (SSSR count). The minimum Gasteiger partial charge on any atom is -0.338 e. The van der Waals surface area contributed by atoms with Crippen LogP contribution in [-0.4, -0.2) is 65.8 Å². The highest BCUT2D eigenvalue weighted by atomic mass is 35.5. The van der Waals surface area contributed by atoms with Gasteiger partial charge in [-0.05, 0) is 25.3 Å². The zero-order valence-electron chi connectivity index (χ0n) is 14.5. The molecule has 3 heterocycles. The lowest BCUT2D eigenvalue weighted by Gasteiger charge is -2.40. The molecule has 132 valence electrons. The Labute approximate surface area is 145 Å². The largest absolute Gasteiger partial charge is 0.338 e. The average molecular weight is 344 g/mol. The number of piperazine rings is 1. The van der Waals surface area contributed by atoms with Crippen LogP contribution in [0, 0.1) is 5.41 Å². The molecule has 6 nitrogen and oxygen atoms in total. The number of aromatic nitrogens is 2. The highest BCUT2D eigenvalue weighted by molar-refractivity contribution is 5.85. The van der Waals surface area contributed by atoms with E-state index in [9.17, 15) is 0 Å². The number of nitrogens with one attached hydrogen (secondary N) is 1. The molecule has 0 saturated carbocycles. The monoisotopic (exact) mass is 343 g/mol. The third-order valence-corrected chi connectivity index (χ3v) is 5.17. The summed E-state index contributed by atoms with van der Waals surface area (Å²) >= 11 is 0. The van der Waals surface area contributed by atoms with Crippen molar-refractivity contribution in [2.24, 2.45) is 5.41 Å². The first-order valence-electron chi connectivity index (χ1n) is 8.59. The lowest BCUT2D eigenvalue weighted by molar-refractivity contribution is 0.0665. The standard InChI is InChI=1S/C16H29N5O.ClH/c1-4-14-18-15(22-19-14)13(2)21-9-7-20(8-10-21)12-16(3)5-6-17-11-16;/h13,17H,4-12H2,1-3H3;1H. The van der Waals surface area contributed by atoms with Crippen molar-refractivity contribution in [2.45, 2.75) is 39.7 Å². The third kappa shape index (κ3) is 4.44. The fourth-order valence-electron chi connectivity index (χ4n) is 3.59. The number of hydrogen-bond acceptors (Lipinski definition) is 6. The summed E-state index contributed by atoms with van der Waals surface area (Å²) < 4.78 is 5.40. The van der Waals surface area contributed by atoms with Gasteiger partial charge in [0.25, 0.3) is 0 Å². The van der Waals surface area contributed by atoms with Crippen LogP contribution in [0.15, 0.2) is 4.52 Å². The van der Waals surface area contributed by atoms with Gasteiger partial charge in [-0.1, -0.05) is 19.0 Å². The van der Waals surface area contributed by atoms with Crippen LogP contribution < -0.4 is 5.32 Å². The Bertz CT molecular complexity index is 481. The van der Waals surface area contributed by atoms with Crippen molar-refractivity contribution in [3.63, 3.8) is 0 Å². The van der Waals surface area contributed by atoms with Crippen LogP contribution >= 0.6 is 12.4 Å². The van der Waals surface area contributed by atoms with Gasteiger partial charge in [-0.25, -0.2) is 0 Å². The molecule has 1 aromatic rings. The van der Waals surface area contributed by atoms with E-state index in [0.29, 0.717) is 5.41 Å². The molecular weight excluding hydrogens is 314 g/mol. The van der Waals surface area contributed by atoms with E-state index in [4.69, 9.17) is 4.52 Å². The van der Waals surface area contributed by atoms with Gasteiger partial charge in [-0.15, -0.1) is 12.4 Å². The van der Waals surface area contributed by atoms with E-state index in [1.165, 1.54) is 19.5 Å². The van der Waals surface area contributed by atoms with Gasteiger partial charge in [0.15, 0.2) is 5.82 Å². The van der Waals surface area contributed by atoms with Crippen LogP contribution in [0.4, 0.5) is 0 Å². The lowest BCUT2D eigenvalue weighted by Crippen LogP contribution is -2.50. The molecule has 0 amide bonds. The zero-order chi connectivity index (χ0) is 15.6. The van der Waals surface area contributed by atoms with Crippen molar-refractivity contribution in [1.29, 1.82) is 0 Å². The van der Waals surface area contributed by atoms with E-state index >= 15 is 0 Å². The Morgan fingerprint density at radius 3 is 2.61 bits per heavy atom. The first kappa shape index (κ1) is 18.6. The molecule has 0 aromatic carbocycles. The topological polar surface area (TPSA) is 57.4 Å². The van der Waals surface area contributed by atoms with Gasteiger partial charge in [0.2, 0.25) is 5.89 Å². The minimum absolute atomic E-state index is 0. The van der Waals surface area contributed by atoms with Gasteiger partial charge in [0.1, 0.15) is 0 Å². The second-order valence-corrected chi connectivity index (χ2v) is 7.13. The van der Waals surface area contributed by atoms with Crippen molar-refractivity contribution < 1.29 is 4.52 Å². The number of aryl methyl sites for hydroxylation is 1. The molecular formula is C16H30ClN5O. The molecule has 0 radical (unpaired) electrons. The summed E-state index contributed by atoms with van der Waals surface area (Å²) in [5.74, 6) is 1.57. The summed E-state index contributed by atoms with van der Waals surface area (Å²) in [6, 6.07) is 0.221. The number of hydrogen-bond donors (Lipinski definition) is 1. The molecule has 1 N–H and O–H groups in total. The van der Waals surface area contributed by atoms with E-state index in [0.717, 1.165) is 50.9 Å². The van der Waals surface area contributed by atoms with Gasteiger partial charge in [-0.3, -0.25) is 4.90 Å². The quantitative estimate of drug-likeness (QED) is 0.878. The van der Waals surface area contributed by atoms with Crippen LogP contribution in [0.25, 0.3) is 0 Å². The molecule has 2 aliphatic heterocycles. The highest BCUT2D eigenvalue weighted by Crippen LogP contribution is 2.27. The Morgan fingerprint density at radius 1 is 1.30 bits per heavy atom. The van der Waals surface area contributed by atoms with Crippen LogP contribution in [0.3, 0.4) is 0 Å². The molecule has 7 heteroatoms. The Morgan fingerprint density at radius 2 is 2.04 bits per heavy atom. The molecule has 23 heavy (non-hydrogen) atoms. The minimum atomic E-state index is 0. The van der Waals surface area contributed by atoms with Gasteiger partial charge >= 0.3 is 0 Å².